The number of thioether (sulfide) groups is 1. The lowest BCUT2D eigenvalue weighted by atomic mass is 10.2. The lowest BCUT2D eigenvalue weighted by Crippen LogP contribution is -2.02. The molecule has 88 valence electrons. The first kappa shape index (κ1) is 12.1. The Hall–Kier alpha value is -1.40. The summed E-state index contributed by atoms with van der Waals surface area (Å²) in [6, 6.07) is 9.83. The number of nitrogens with zero attached hydrogens (tertiary/aromatic N) is 2. The van der Waals surface area contributed by atoms with Crippen molar-refractivity contribution in [3.63, 3.8) is 0 Å². The minimum Gasteiger partial charge on any atom is -0.468 e. The second-order valence-electron chi connectivity index (χ2n) is 3.10. The summed E-state index contributed by atoms with van der Waals surface area (Å²) in [5.74, 6) is 0.00591. The van der Waals surface area contributed by atoms with Crippen LogP contribution in [0.15, 0.2) is 34.7 Å². The van der Waals surface area contributed by atoms with Crippen molar-refractivity contribution >= 4 is 29.1 Å². The largest absolute Gasteiger partial charge is 0.468 e. The summed E-state index contributed by atoms with van der Waals surface area (Å²) in [5.41, 5.74) is 1.04. The van der Waals surface area contributed by atoms with Crippen LogP contribution in [0.5, 0.6) is 0 Å². The molecule has 0 radical (unpaired) electrons. The standard InChI is InChI=1S/C11H10N2O2S2/c1-15-9(14)7-16-11-13-12-10(17-11)8-5-3-2-4-6-8/h2-6H,7H2,1H3. The minimum absolute atomic E-state index is 0.258. The predicted octanol–water partition coefficient (Wildman–Crippen LogP) is 2.47. The third-order valence-electron chi connectivity index (χ3n) is 1.97. The van der Waals surface area contributed by atoms with Crippen molar-refractivity contribution in [3.05, 3.63) is 30.3 Å². The topological polar surface area (TPSA) is 52.1 Å². The number of esters is 1. The van der Waals surface area contributed by atoms with Crippen LogP contribution in [-0.2, 0) is 9.53 Å². The minimum atomic E-state index is -0.258. The van der Waals surface area contributed by atoms with Gasteiger partial charge in [-0.1, -0.05) is 53.4 Å². The number of hydrogen-bond acceptors (Lipinski definition) is 6. The summed E-state index contributed by atoms with van der Waals surface area (Å²) < 4.78 is 5.33. The van der Waals surface area contributed by atoms with Crippen LogP contribution in [0.25, 0.3) is 10.6 Å². The van der Waals surface area contributed by atoms with Gasteiger partial charge in [-0.25, -0.2) is 0 Å². The van der Waals surface area contributed by atoms with Gasteiger partial charge in [0.05, 0.1) is 12.9 Å². The zero-order chi connectivity index (χ0) is 12.1. The van der Waals surface area contributed by atoms with Gasteiger partial charge in [-0.2, -0.15) is 0 Å². The number of carbonyl (C=O) groups is 1. The molecular formula is C11H10N2O2S2. The van der Waals surface area contributed by atoms with E-state index in [4.69, 9.17) is 0 Å². The van der Waals surface area contributed by atoms with E-state index in [2.05, 4.69) is 14.9 Å². The molecule has 1 aromatic carbocycles. The first-order valence-electron chi connectivity index (χ1n) is 4.88. The van der Waals surface area contributed by atoms with Crippen LogP contribution < -0.4 is 0 Å². The van der Waals surface area contributed by atoms with Gasteiger partial charge in [-0.15, -0.1) is 10.2 Å². The number of methoxy groups -OCH3 is 1. The maximum Gasteiger partial charge on any atom is 0.316 e. The number of aromatic nitrogens is 2. The van der Waals surface area contributed by atoms with E-state index >= 15 is 0 Å². The van der Waals surface area contributed by atoms with Crippen molar-refractivity contribution in [2.75, 3.05) is 12.9 Å². The fourth-order valence-corrected chi connectivity index (χ4v) is 2.83. The maximum absolute atomic E-state index is 11.0. The van der Waals surface area contributed by atoms with E-state index in [0.717, 1.165) is 14.9 Å². The molecule has 0 fully saturated rings. The molecule has 1 heterocycles. The third-order valence-corrected chi connectivity index (χ3v) is 4.05. The van der Waals surface area contributed by atoms with Crippen LogP contribution in [0.3, 0.4) is 0 Å². The molecule has 1 aromatic heterocycles. The van der Waals surface area contributed by atoms with Crippen molar-refractivity contribution < 1.29 is 9.53 Å². The van der Waals surface area contributed by atoms with Crippen LogP contribution in [0.4, 0.5) is 0 Å². The molecule has 0 aliphatic carbocycles. The van der Waals surface area contributed by atoms with Crippen LogP contribution in [0, 0.1) is 0 Å². The Morgan fingerprint density at radius 2 is 2.12 bits per heavy atom. The summed E-state index contributed by atoms with van der Waals surface area (Å²) in [6.07, 6.45) is 0. The molecule has 0 aliphatic heterocycles. The number of hydrogen-bond donors (Lipinski definition) is 0. The molecular weight excluding hydrogens is 256 g/mol. The van der Waals surface area contributed by atoms with E-state index in [-0.39, 0.29) is 11.7 Å². The summed E-state index contributed by atoms with van der Waals surface area (Å²) in [7, 11) is 1.37. The number of benzene rings is 1. The van der Waals surface area contributed by atoms with Crippen molar-refractivity contribution in [1.29, 1.82) is 0 Å². The van der Waals surface area contributed by atoms with Crippen LogP contribution in [0.1, 0.15) is 0 Å². The fourth-order valence-electron chi connectivity index (χ4n) is 1.15. The average Bonchev–Trinajstić information content (AvgIpc) is 2.86. The van der Waals surface area contributed by atoms with Crippen LogP contribution >= 0.6 is 23.1 Å². The van der Waals surface area contributed by atoms with Gasteiger partial charge < -0.3 is 4.74 Å². The van der Waals surface area contributed by atoms with Gasteiger partial charge in [-0.05, 0) is 0 Å². The maximum atomic E-state index is 11.0. The Morgan fingerprint density at radius 3 is 2.82 bits per heavy atom. The van der Waals surface area contributed by atoms with Gasteiger partial charge in [0.15, 0.2) is 4.34 Å². The Balaban J connectivity index is 2.04. The number of rotatable bonds is 4. The molecule has 0 bridgehead atoms. The molecule has 2 rings (SSSR count). The van der Waals surface area contributed by atoms with Gasteiger partial charge in [0.25, 0.3) is 0 Å². The van der Waals surface area contributed by atoms with Crippen LogP contribution in [-0.4, -0.2) is 29.0 Å². The Labute approximate surface area is 107 Å². The summed E-state index contributed by atoms with van der Waals surface area (Å²) >= 11 is 2.81. The summed E-state index contributed by atoms with van der Waals surface area (Å²) in [4.78, 5) is 11.0. The first-order valence-corrected chi connectivity index (χ1v) is 6.68. The second-order valence-corrected chi connectivity index (χ2v) is 5.30. The van der Waals surface area contributed by atoms with Gasteiger partial charge in [0, 0.05) is 5.56 Å². The quantitative estimate of drug-likeness (QED) is 0.628. The highest BCUT2D eigenvalue weighted by atomic mass is 32.2. The molecule has 2 aromatic rings. The van der Waals surface area contributed by atoms with E-state index in [1.54, 1.807) is 0 Å². The van der Waals surface area contributed by atoms with Crippen molar-refractivity contribution in [1.82, 2.24) is 10.2 Å². The Bertz CT molecular complexity index is 499. The van der Waals surface area contributed by atoms with Gasteiger partial charge >= 0.3 is 5.97 Å². The second kappa shape index (κ2) is 5.79. The van der Waals surface area contributed by atoms with E-state index in [9.17, 15) is 4.79 Å². The molecule has 0 saturated carbocycles. The van der Waals surface area contributed by atoms with Crippen molar-refractivity contribution in [2.24, 2.45) is 0 Å². The average molecular weight is 266 g/mol. The molecule has 0 aliphatic rings. The highest BCUT2D eigenvalue weighted by Gasteiger charge is 2.08. The van der Waals surface area contributed by atoms with Gasteiger partial charge in [-0.3, -0.25) is 4.79 Å². The number of carbonyl (C=O) groups excluding carboxylic acids is 1. The number of ether oxygens (including phenoxy) is 1. The van der Waals surface area contributed by atoms with E-state index in [1.807, 2.05) is 30.3 Å². The third kappa shape index (κ3) is 3.28. The predicted molar refractivity (Wildman–Crippen MR) is 68.1 cm³/mol. The molecule has 4 nitrogen and oxygen atoms in total. The molecule has 0 N–H and O–H groups in total. The first-order chi connectivity index (χ1) is 8.29. The Morgan fingerprint density at radius 1 is 1.35 bits per heavy atom. The van der Waals surface area contributed by atoms with Crippen molar-refractivity contribution in [3.8, 4) is 10.6 Å². The fraction of sp³-hybridized carbons (Fsp3) is 0.182. The van der Waals surface area contributed by atoms with E-state index in [1.165, 1.54) is 30.2 Å². The highest BCUT2D eigenvalue weighted by molar-refractivity contribution is 8.01. The lowest BCUT2D eigenvalue weighted by Gasteiger charge is -1.94. The highest BCUT2D eigenvalue weighted by Crippen LogP contribution is 2.28. The van der Waals surface area contributed by atoms with E-state index in [0.29, 0.717) is 0 Å². The van der Waals surface area contributed by atoms with Gasteiger partial charge in [0.1, 0.15) is 5.01 Å². The van der Waals surface area contributed by atoms with E-state index < -0.39 is 0 Å². The molecule has 0 spiro atoms. The molecule has 0 saturated heterocycles. The zero-order valence-electron chi connectivity index (χ0n) is 9.12. The SMILES string of the molecule is COC(=O)CSc1nnc(-c2ccccc2)s1. The van der Waals surface area contributed by atoms with Crippen LogP contribution in [0.2, 0.25) is 0 Å². The lowest BCUT2D eigenvalue weighted by molar-refractivity contribution is -0.137. The zero-order valence-corrected chi connectivity index (χ0v) is 10.8. The molecule has 0 amide bonds. The molecule has 0 atom stereocenters. The summed E-state index contributed by atoms with van der Waals surface area (Å²) in [6.45, 7) is 0. The normalized spacial score (nSPS) is 10.2. The smallest absolute Gasteiger partial charge is 0.316 e. The van der Waals surface area contributed by atoms with Gasteiger partial charge in [0.2, 0.25) is 0 Å². The monoisotopic (exact) mass is 266 g/mol. The molecule has 6 heteroatoms. The molecule has 0 unspecified atom stereocenters. The molecule has 17 heavy (non-hydrogen) atoms. The Kier molecular flexibility index (Phi) is 4.11. The summed E-state index contributed by atoms with van der Waals surface area (Å²) in [5, 5.41) is 8.97. The van der Waals surface area contributed by atoms with Crippen molar-refractivity contribution in [2.45, 2.75) is 4.34 Å².